The van der Waals surface area contributed by atoms with Crippen molar-refractivity contribution in [3.8, 4) is 0 Å². The molecule has 0 radical (unpaired) electrons. The van der Waals surface area contributed by atoms with E-state index in [0.717, 1.165) is 5.56 Å². The number of hydrogen-bond acceptors (Lipinski definition) is 3. The molecule has 2 rings (SSSR count). The summed E-state index contributed by atoms with van der Waals surface area (Å²) in [6.07, 6.45) is 0. The minimum Gasteiger partial charge on any atom is -0.326 e. The number of amides is 1. The minimum atomic E-state index is -3.87. The molecule has 0 aliphatic rings. The van der Waals surface area contributed by atoms with E-state index in [0.29, 0.717) is 5.69 Å². The van der Waals surface area contributed by atoms with E-state index >= 15 is 0 Å². The zero-order valence-corrected chi connectivity index (χ0v) is 14.7. The van der Waals surface area contributed by atoms with Gasteiger partial charge in [-0.15, -0.1) is 0 Å². The first-order valence-corrected chi connectivity index (χ1v) is 8.79. The van der Waals surface area contributed by atoms with Crippen LogP contribution >= 0.6 is 23.2 Å². The summed E-state index contributed by atoms with van der Waals surface area (Å²) in [7, 11) is -3.87. The van der Waals surface area contributed by atoms with Crippen molar-refractivity contribution in [3.63, 3.8) is 0 Å². The Morgan fingerprint density at radius 2 is 1.74 bits per heavy atom. The Hall–Kier alpha value is -1.76. The second kappa shape index (κ2) is 6.78. The third kappa shape index (κ3) is 4.37. The molecule has 0 aromatic heterocycles. The summed E-state index contributed by atoms with van der Waals surface area (Å²) in [6.45, 7) is 3.18. The molecule has 0 saturated heterocycles. The van der Waals surface area contributed by atoms with Crippen molar-refractivity contribution in [3.05, 3.63) is 52.0 Å². The maximum absolute atomic E-state index is 12.4. The van der Waals surface area contributed by atoms with Gasteiger partial charge in [0.2, 0.25) is 5.91 Å². The SMILES string of the molecule is CC(=O)Nc1ccc(NS(=O)(=O)c2ccc(C)cc2Cl)c(Cl)c1. The Bertz CT molecular complexity index is 867. The second-order valence-electron chi connectivity index (χ2n) is 4.92. The van der Waals surface area contributed by atoms with Crippen LogP contribution in [-0.4, -0.2) is 14.3 Å². The highest BCUT2D eigenvalue weighted by atomic mass is 35.5. The molecule has 0 spiro atoms. The van der Waals surface area contributed by atoms with Crippen LogP contribution < -0.4 is 10.0 Å². The molecule has 2 aromatic rings. The first-order valence-electron chi connectivity index (χ1n) is 6.55. The molecule has 8 heteroatoms. The highest BCUT2D eigenvalue weighted by molar-refractivity contribution is 7.92. The number of benzene rings is 2. The van der Waals surface area contributed by atoms with Gasteiger partial charge in [0.1, 0.15) is 4.90 Å². The zero-order chi connectivity index (χ0) is 17.2. The number of hydrogen-bond donors (Lipinski definition) is 2. The highest BCUT2D eigenvalue weighted by Gasteiger charge is 2.19. The lowest BCUT2D eigenvalue weighted by Gasteiger charge is -2.12. The lowest BCUT2D eigenvalue weighted by atomic mass is 10.2. The fraction of sp³-hybridized carbons (Fsp3) is 0.133. The van der Waals surface area contributed by atoms with Gasteiger partial charge in [-0.1, -0.05) is 29.3 Å². The van der Waals surface area contributed by atoms with Crippen molar-refractivity contribution in [2.75, 3.05) is 10.0 Å². The molecule has 122 valence electrons. The van der Waals surface area contributed by atoms with Gasteiger partial charge >= 0.3 is 0 Å². The number of aryl methyl sites for hydroxylation is 1. The third-order valence-corrected chi connectivity index (χ3v) is 5.07. The molecule has 2 aromatic carbocycles. The van der Waals surface area contributed by atoms with E-state index in [1.807, 2.05) is 6.92 Å². The van der Waals surface area contributed by atoms with Crippen molar-refractivity contribution < 1.29 is 13.2 Å². The van der Waals surface area contributed by atoms with Gasteiger partial charge in [-0.25, -0.2) is 8.42 Å². The van der Waals surface area contributed by atoms with Crippen LogP contribution in [0.2, 0.25) is 10.0 Å². The van der Waals surface area contributed by atoms with Gasteiger partial charge in [-0.3, -0.25) is 9.52 Å². The Kier molecular flexibility index (Phi) is 5.19. The topological polar surface area (TPSA) is 75.3 Å². The predicted octanol–water partition coefficient (Wildman–Crippen LogP) is 4.06. The maximum Gasteiger partial charge on any atom is 0.263 e. The number of rotatable bonds is 4. The van der Waals surface area contributed by atoms with E-state index in [-0.39, 0.29) is 26.5 Å². The monoisotopic (exact) mass is 372 g/mol. The van der Waals surface area contributed by atoms with Crippen molar-refractivity contribution in [1.82, 2.24) is 0 Å². The summed E-state index contributed by atoms with van der Waals surface area (Å²) in [5.74, 6) is -0.249. The molecule has 0 unspecified atom stereocenters. The van der Waals surface area contributed by atoms with Gasteiger partial charge in [0, 0.05) is 12.6 Å². The molecular formula is C15H14Cl2N2O3S. The first kappa shape index (κ1) is 17.6. The largest absolute Gasteiger partial charge is 0.326 e. The number of halogens is 2. The lowest BCUT2D eigenvalue weighted by molar-refractivity contribution is -0.114. The van der Waals surface area contributed by atoms with E-state index in [9.17, 15) is 13.2 Å². The average molecular weight is 373 g/mol. The molecule has 0 aliphatic heterocycles. The highest BCUT2D eigenvalue weighted by Crippen LogP contribution is 2.30. The molecule has 0 bridgehead atoms. The van der Waals surface area contributed by atoms with Crippen LogP contribution in [0.25, 0.3) is 0 Å². The summed E-state index contributed by atoms with van der Waals surface area (Å²) < 4.78 is 27.2. The fourth-order valence-electron chi connectivity index (χ4n) is 1.90. The van der Waals surface area contributed by atoms with Crippen molar-refractivity contribution >= 4 is 50.5 Å². The predicted molar refractivity (Wildman–Crippen MR) is 92.8 cm³/mol. The average Bonchev–Trinajstić information content (AvgIpc) is 2.40. The molecule has 0 heterocycles. The molecule has 0 saturated carbocycles. The number of carbonyl (C=O) groups is 1. The van der Waals surface area contributed by atoms with Gasteiger partial charge in [-0.2, -0.15) is 0 Å². The van der Waals surface area contributed by atoms with Crippen LogP contribution in [0.15, 0.2) is 41.3 Å². The molecular weight excluding hydrogens is 359 g/mol. The summed E-state index contributed by atoms with van der Waals surface area (Å²) in [5, 5.41) is 2.84. The molecule has 5 nitrogen and oxygen atoms in total. The Labute approximate surface area is 144 Å². The summed E-state index contributed by atoms with van der Waals surface area (Å²) in [6, 6.07) is 9.12. The first-order chi connectivity index (χ1) is 10.7. The van der Waals surface area contributed by atoms with E-state index in [2.05, 4.69) is 10.0 Å². The van der Waals surface area contributed by atoms with Gasteiger partial charge in [0.05, 0.1) is 15.7 Å². The van der Waals surface area contributed by atoms with Crippen LogP contribution in [0, 0.1) is 6.92 Å². The Balaban J connectivity index is 2.32. The Morgan fingerprint density at radius 1 is 1.04 bits per heavy atom. The van der Waals surface area contributed by atoms with Crippen LogP contribution in [0.1, 0.15) is 12.5 Å². The van der Waals surface area contributed by atoms with Gasteiger partial charge in [0.15, 0.2) is 0 Å². The second-order valence-corrected chi connectivity index (χ2v) is 7.38. The van der Waals surface area contributed by atoms with Crippen molar-refractivity contribution in [1.29, 1.82) is 0 Å². The fourth-order valence-corrected chi connectivity index (χ4v) is 3.87. The van der Waals surface area contributed by atoms with Gasteiger partial charge in [-0.05, 0) is 42.8 Å². The minimum absolute atomic E-state index is 0.0354. The van der Waals surface area contributed by atoms with E-state index in [1.54, 1.807) is 18.2 Å². The summed E-state index contributed by atoms with van der Waals surface area (Å²) >= 11 is 12.1. The van der Waals surface area contributed by atoms with Crippen LogP contribution in [0.5, 0.6) is 0 Å². The zero-order valence-electron chi connectivity index (χ0n) is 12.4. The van der Waals surface area contributed by atoms with Gasteiger partial charge in [0.25, 0.3) is 10.0 Å². The quantitative estimate of drug-likeness (QED) is 0.849. The van der Waals surface area contributed by atoms with Crippen LogP contribution in [0.4, 0.5) is 11.4 Å². The molecule has 1 amide bonds. The molecule has 0 aliphatic carbocycles. The van der Waals surface area contributed by atoms with E-state index in [1.165, 1.54) is 25.1 Å². The number of carbonyl (C=O) groups excluding carboxylic acids is 1. The lowest BCUT2D eigenvalue weighted by Crippen LogP contribution is -2.14. The van der Waals surface area contributed by atoms with Crippen molar-refractivity contribution in [2.45, 2.75) is 18.7 Å². The summed E-state index contributed by atoms with van der Waals surface area (Å²) in [4.78, 5) is 11.0. The van der Waals surface area contributed by atoms with Crippen LogP contribution in [-0.2, 0) is 14.8 Å². The number of anilines is 2. The standard InChI is InChI=1S/C15H14Cl2N2O3S/c1-9-3-6-15(13(17)7-9)23(21,22)19-14-5-4-11(8-12(14)16)18-10(2)20/h3-8,19H,1-2H3,(H,18,20). The molecule has 2 N–H and O–H groups in total. The van der Waals surface area contributed by atoms with E-state index in [4.69, 9.17) is 23.2 Å². The van der Waals surface area contributed by atoms with E-state index < -0.39 is 10.0 Å². The molecule has 0 atom stereocenters. The normalized spacial score (nSPS) is 11.1. The summed E-state index contributed by atoms with van der Waals surface area (Å²) in [5.41, 5.74) is 1.52. The smallest absolute Gasteiger partial charge is 0.263 e. The van der Waals surface area contributed by atoms with Gasteiger partial charge < -0.3 is 5.32 Å². The molecule has 23 heavy (non-hydrogen) atoms. The third-order valence-electron chi connectivity index (χ3n) is 2.91. The Morgan fingerprint density at radius 3 is 2.30 bits per heavy atom. The maximum atomic E-state index is 12.4. The molecule has 0 fully saturated rings. The van der Waals surface area contributed by atoms with Crippen LogP contribution in [0.3, 0.4) is 0 Å². The number of nitrogens with one attached hydrogen (secondary N) is 2. The number of sulfonamides is 1. The van der Waals surface area contributed by atoms with Crippen molar-refractivity contribution in [2.24, 2.45) is 0 Å².